The van der Waals surface area contributed by atoms with Crippen molar-refractivity contribution in [2.24, 2.45) is 0 Å². The third-order valence-electron chi connectivity index (χ3n) is 5.11. The number of hydrogen-bond donors (Lipinski definition) is 3. The molecule has 6 nitrogen and oxygen atoms in total. The number of anilines is 2. The first-order valence-electron chi connectivity index (χ1n) is 9.38. The highest BCUT2D eigenvalue weighted by molar-refractivity contribution is 5.95. The van der Waals surface area contributed by atoms with Crippen LogP contribution in [0, 0.1) is 5.82 Å². The summed E-state index contributed by atoms with van der Waals surface area (Å²) in [7, 11) is 0. The van der Waals surface area contributed by atoms with E-state index in [-0.39, 0.29) is 5.82 Å². The van der Waals surface area contributed by atoms with Gasteiger partial charge in [0.05, 0.1) is 28.3 Å². The number of pyridine rings is 1. The zero-order valence-electron chi connectivity index (χ0n) is 15.6. The Labute approximate surface area is 161 Å². The van der Waals surface area contributed by atoms with Crippen LogP contribution in [0.1, 0.15) is 25.2 Å². The Morgan fingerprint density at radius 2 is 1.96 bits per heavy atom. The Balaban J connectivity index is 1.81. The van der Waals surface area contributed by atoms with Crippen molar-refractivity contribution >= 4 is 11.5 Å². The Kier molecular flexibility index (Phi) is 3.75. The van der Waals surface area contributed by atoms with E-state index in [0.717, 1.165) is 58.1 Å². The molecule has 1 aliphatic rings. The zero-order chi connectivity index (χ0) is 19.3. The van der Waals surface area contributed by atoms with Crippen molar-refractivity contribution in [2.45, 2.75) is 26.7 Å². The average Bonchev–Trinajstić information content (AvgIpc) is 3.29. The summed E-state index contributed by atoms with van der Waals surface area (Å²) in [6, 6.07) is 8.55. The molecule has 28 heavy (non-hydrogen) atoms. The molecule has 0 fully saturated rings. The van der Waals surface area contributed by atoms with Crippen molar-refractivity contribution in [3.63, 3.8) is 0 Å². The fourth-order valence-corrected chi connectivity index (χ4v) is 3.75. The van der Waals surface area contributed by atoms with Crippen molar-refractivity contribution in [1.82, 2.24) is 25.1 Å². The minimum Gasteiger partial charge on any atom is -0.339 e. The zero-order valence-corrected chi connectivity index (χ0v) is 15.6. The van der Waals surface area contributed by atoms with Crippen LogP contribution in [0.15, 0.2) is 36.5 Å². The van der Waals surface area contributed by atoms with E-state index in [1.807, 2.05) is 12.1 Å². The fourth-order valence-electron chi connectivity index (χ4n) is 3.75. The van der Waals surface area contributed by atoms with Gasteiger partial charge in [-0.2, -0.15) is 5.10 Å². The first-order chi connectivity index (χ1) is 13.7. The number of aryl methyl sites for hydroxylation is 2. The van der Waals surface area contributed by atoms with Crippen LogP contribution >= 0.6 is 0 Å². The van der Waals surface area contributed by atoms with E-state index < -0.39 is 0 Å². The van der Waals surface area contributed by atoms with Crippen molar-refractivity contribution in [2.75, 3.05) is 5.32 Å². The molecular formula is C21H19FN6. The van der Waals surface area contributed by atoms with E-state index in [0.29, 0.717) is 11.5 Å². The predicted molar refractivity (Wildman–Crippen MR) is 107 cm³/mol. The quantitative estimate of drug-likeness (QED) is 0.422. The molecule has 3 aromatic heterocycles. The molecule has 0 aliphatic carbocycles. The molecule has 7 heteroatoms. The highest BCUT2D eigenvalue weighted by Crippen LogP contribution is 2.43. The van der Waals surface area contributed by atoms with E-state index in [1.54, 1.807) is 12.3 Å². The lowest BCUT2D eigenvalue weighted by Gasteiger charge is -2.09. The van der Waals surface area contributed by atoms with Gasteiger partial charge in [0.15, 0.2) is 0 Å². The monoisotopic (exact) mass is 374 g/mol. The molecule has 4 aromatic rings. The summed E-state index contributed by atoms with van der Waals surface area (Å²) < 4.78 is 13.9. The lowest BCUT2D eigenvalue weighted by Crippen LogP contribution is -1.96. The van der Waals surface area contributed by atoms with Crippen LogP contribution in [0.5, 0.6) is 0 Å². The highest BCUT2D eigenvalue weighted by Gasteiger charge is 2.26. The van der Waals surface area contributed by atoms with Crippen molar-refractivity contribution < 1.29 is 4.39 Å². The Bertz CT molecular complexity index is 1170. The van der Waals surface area contributed by atoms with E-state index in [4.69, 9.17) is 4.98 Å². The Morgan fingerprint density at radius 1 is 1.07 bits per heavy atom. The predicted octanol–water partition coefficient (Wildman–Crippen LogP) is 4.85. The van der Waals surface area contributed by atoms with E-state index in [2.05, 4.69) is 39.3 Å². The average molecular weight is 374 g/mol. The van der Waals surface area contributed by atoms with E-state index >= 15 is 0 Å². The number of aromatic amines is 2. The van der Waals surface area contributed by atoms with Crippen LogP contribution in [0.25, 0.3) is 33.9 Å². The number of H-pyrrole nitrogens is 2. The van der Waals surface area contributed by atoms with Crippen LogP contribution in [-0.4, -0.2) is 25.1 Å². The molecule has 3 N–H and O–H groups in total. The second-order valence-corrected chi connectivity index (χ2v) is 6.75. The number of aromatic nitrogens is 5. The molecule has 1 aliphatic heterocycles. The fraction of sp³-hybridized carbons (Fsp3) is 0.190. The lowest BCUT2D eigenvalue weighted by molar-refractivity contribution is 0.628. The van der Waals surface area contributed by atoms with Gasteiger partial charge in [0, 0.05) is 23.0 Å². The molecule has 5 rings (SSSR count). The summed E-state index contributed by atoms with van der Waals surface area (Å²) >= 11 is 0. The van der Waals surface area contributed by atoms with Gasteiger partial charge in [0.2, 0.25) is 0 Å². The van der Waals surface area contributed by atoms with Gasteiger partial charge >= 0.3 is 0 Å². The number of imidazole rings is 1. The maximum absolute atomic E-state index is 13.9. The second kappa shape index (κ2) is 6.30. The summed E-state index contributed by atoms with van der Waals surface area (Å²) in [6.07, 6.45) is 3.35. The molecule has 0 spiro atoms. The number of rotatable bonds is 3. The molecular weight excluding hydrogens is 355 g/mol. The standard InChI is InChI=1S/C21H19FN6/c1-3-14-17(15(4-2)28-27-14)21-25-18-12-8-7-11(22)10-16(12)24-20-13(19(18)26-21)6-5-9-23-20/h5-10H,3-4H2,1-2H3,(H,23,24)(H,25,26)(H,27,28). The maximum atomic E-state index is 13.9. The number of halogens is 1. The SMILES string of the molecule is CCc1n[nH]c(CC)c1-c1nc2c([nH]1)-c1cccnc1Nc1cc(F)ccc1-2. The van der Waals surface area contributed by atoms with Gasteiger partial charge < -0.3 is 10.3 Å². The molecule has 1 aromatic carbocycles. The summed E-state index contributed by atoms with van der Waals surface area (Å²) in [5.74, 6) is 1.13. The molecule has 140 valence electrons. The number of benzene rings is 1. The summed E-state index contributed by atoms with van der Waals surface area (Å²) in [4.78, 5) is 12.9. The highest BCUT2D eigenvalue weighted by atomic mass is 19.1. The smallest absolute Gasteiger partial charge is 0.142 e. The largest absolute Gasteiger partial charge is 0.339 e. The molecule has 0 atom stereocenters. The van der Waals surface area contributed by atoms with Gasteiger partial charge in [-0.1, -0.05) is 13.8 Å². The van der Waals surface area contributed by atoms with E-state index in [1.165, 1.54) is 12.1 Å². The van der Waals surface area contributed by atoms with Crippen molar-refractivity contribution in [3.8, 4) is 33.9 Å². The van der Waals surface area contributed by atoms with Gasteiger partial charge in [-0.05, 0) is 43.2 Å². The van der Waals surface area contributed by atoms with Crippen LogP contribution in [0.4, 0.5) is 15.9 Å². The molecule has 0 bridgehead atoms. The Hall–Kier alpha value is -3.48. The maximum Gasteiger partial charge on any atom is 0.142 e. The normalized spacial score (nSPS) is 12.0. The van der Waals surface area contributed by atoms with Crippen LogP contribution in [0.2, 0.25) is 0 Å². The number of nitrogens with zero attached hydrogens (tertiary/aromatic N) is 3. The van der Waals surface area contributed by atoms with Gasteiger partial charge in [0.25, 0.3) is 0 Å². The minimum absolute atomic E-state index is 0.306. The van der Waals surface area contributed by atoms with Crippen LogP contribution in [-0.2, 0) is 12.8 Å². The van der Waals surface area contributed by atoms with Gasteiger partial charge in [-0.3, -0.25) is 5.10 Å². The van der Waals surface area contributed by atoms with Gasteiger partial charge in [-0.25, -0.2) is 14.4 Å². The molecule has 0 saturated heterocycles. The molecule has 0 radical (unpaired) electrons. The first kappa shape index (κ1) is 16.7. The van der Waals surface area contributed by atoms with Crippen LogP contribution < -0.4 is 5.32 Å². The molecule has 0 unspecified atom stereocenters. The molecule has 0 saturated carbocycles. The first-order valence-corrected chi connectivity index (χ1v) is 9.38. The van der Waals surface area contributed by atoms with Crippen molar-refractivity contribution in [3.05, 3.63) is 53.7 Å². The molecule has 4 heterocycles. The number of nitrogens with one attached hydrogen (secondary N) is 3. The summed E-state index contributed by atoms with van der Waals surface area (Å²) in [5, 5.41) is 10.8. The van der Waals surface area contributed by atoms with Gasteiger partial charge in [-0.15, -0.1) is 0 Å². The molecule has 0 amide bonds. The number of fused-ring (bicyclic) bond motifs is 5. The van der Waals surface area contributed by atoms with Gasteiger partial charge in [0.1, 0.15) is 17.5 Å². The Morgan fingerprint density at radius 3 is 2.79 bits per heavy atom. The third-order valence-corrected chi connectivity index (χ3v) is 5.11. The lowest BCUT2D eigenvalue weighted by atomic mass is 10.1. The third kappa shape index (κ3) is 2.43. The second-order valence-electron chi connectivity index (χ2n) is 6.75. The topological polar surface area (TPSA) is 82.3 Å². The van der Waals surface area contributed by atoms with Crippen LogP contribution in [0.3, 0.4) is 0 Å². The summed E-state index contributed by atoms with van der Waals surface area (Å²) in [5.41, 5.74) is 7.05. The summed E-state index contributed by atoms with van der Waals surface area (Å²) in [6.45, 7) is 4.17. The van der Waals surface area contributed by atoms with E-state index in [9.17, 15) is 4.39 Å². The van der Waals surface area contributed by atoms with Crippen molar-refractivity contribution in [1.29, 1.82) is 0 Å². The minimum atomic E-state index is -0.306. The number of hydrogen-bond acceptors (Lipinski definition) is 4.